The zero-order chi connectivity index (χ0) is 16.0. The Morgan fingerprint density at radius 1 is 1.14 bits per heavy atom. The minimum Gasteiger partial charge on any atom is -0.479 e. The smallest absolute Gasteiger partial charge is 0.333 e. The number of hydrogen-bond donors (Lipinski definition) is 2. The highest BCUT2D eigenvalue weighted by Crippen LogP contribution is 2.21. The molecule has 0 spiro atoms. The van der Waals surface area contributed by atoms with E-state index in [1.807, 2.05) is 19.0 Å². The molecule has 0 aliphatic rings. The van der Waals surface area contributed by atoms with Gasteiger partial charge in [-0.2, -0.15) is 0 Å². The first-order chi connectivity index (χ1) is 9.77. The van der Waals surface area contributed by atoms with Crippen molar-refractivity contribution >= 4 is 12.0 Å². The van der Waals surface area contributed by atoms with Crippen LogP contribution in [0.25, 0.3) is 0 Å². The van der Waals surface area contributed by atoms with Crippen molar-refractivity contribution in [3.8, 4) is 0 Å². The van der Waals surface area contributed by atoms with Gasteiger partial charge in [0.25, 0.3) is 0 Å². The van der Waals surface area contributed by atoms with Gasteiger partial charge in [-0.1, -0.05) is 30.3 Å². The number of nitrogens with one attached hydrogen (secondary N) is 1. The van der Waals surface area contributed by atoms with Crippen molar-refractivity contribution in [3.63, 3.8) is 0 Å². The van der Waals surface area contributed by atoms with Gasteiger partial charge >= 0.3 is 12.0 Å². The monoisotopic (exact) mass is 293 g/mol. The van der Waals surface area contributed by atoms with E-state index in [9.17, 15) is 14.7 Å². The molecule has 1 atom stereocenters. The van der Waals surface area contributed by atoms with Gasteiger partial charge in [-0.25, -0.2) is 9.59 Å². The van der Waals surface area contributed by atoms with Crippen molar-refractivity contribution in [1.82, 2.24) is 15.1 Å². The van der Waals surface area contributed by atoms with E-state index >= 15 is 0 Å². The number of hydrogen-bond acceptors (Lipinski definition) is 3. The lowest BCUT2D eigenvalue weighted by molar-refractivity contribution is -0.144. The summed E-state index contributed by atoms with van der Waals surface area (Å²) in [5.74, 6) is -1.09. The molecule has 1 rings (SSSR count). The lowest BCUT2D eigenvalue weighted by atomic mass is 9.92. The van der Waals surface area contributed by atoms with E-state index in [0.29, 0.717) is 18.7 Å². The molecule has 6 heteroatoms. The maximum absolute atomic E-state index is 12.2. The molecule has 1 unspecified atom stereocenters. The average molecular weight is 293 g/mol. The molecule has 0 aliphatic carbocycles. The van der Waals surface area contributed by atoms with Gasteiger partial charge in [0.1, 0.15) is 0 Å². The summed E-state index contributed by atoms with van der Waals surface area (Å²) in [5, 5.41) is 12.1. The predicted octanol–water partition coefficient (Wildman–Crippen LogP) is 1.19. The van der Waals surface area contributed by atoms with Crippen LogP contribution in [0.3, 0.4) is 0 Å². The van der Waals surface area contributed by atoms with Crippen molar-refractivity contribution in [3.05, 3.63) is 35.9 Å². The number of carbonyl (C=O) groups excluding carboxylic acids is 1. The van der Waals surface area contributed by atoms with E-state index in [-0.39, 0.29) is 0 Å². The highest BCUT2D eigenvalue weighted by atomic mass is 16.4. The molecule has 0 saturated heterocycles. The fourth-order valence-corrected chi connectivity index (χ4v) is 1.78. The minimum atomic E-state index is -1.45. The number of carbonyl (C=O) groups is 2. The summed E-state index contributed by atoms with van der Waals surface area (Å²) >= 11 is 0. The molecule has 21 heavy (non-hydrogen) atoms. The van der Waals surface area contributed by atoms with Gasteiger partial charge in [-0.05, 0) is 26.6 Å². The van der Waals surface area contributed by atoms with E-state index in [1.54, 1.807) is 37.4 Å². The molecule has 2 amide bonds. The van der Waals surface area contributed by atoms with E-state index in [1.165, 1.54) is 11.8 Å². The summed E-state index contributed by atoms with van der Waals surface area (Å²) in [6.45, 7) is 2.71. The van der Waals surface area contributed by atoms with Crippen LogP contribution in [0.15, 0.2) is 30.3 Å². The van der Waals surface area contributed by atoms with Crippen molar-refractivity contribution < 1.29 is 14.7 Å². The normalized spacial score (nSPS) is 13.6. The average Bonchev–Trinajstić information content (AvgIpc) is 2.45. The Morgan fingerprint density at radius 3 is 2.19 bits per heavy atom. The summed E-state index contributed by atoms with van der Waals surface area (Å²) in [4.78, 5) is 27.2. The molecule has 0 fully saturated rings. The van der Waals surface area contributed by atoms with E-state index in [0.717, 1.165) is 0 Å². The molecular formula is C15H23N3O3. The lowest BCUT2D eigenvalue weighted by Gasteiger charge is -2.30. The maximum atomic E-state index is 12.2. The van der Waals surface area contributed by atoms with Gasteiger partial charge < -0.3 is 20.2 Å². The highest BCUT2D eigenvalue weighted by Gasteiger charge is 2.37. The first-order valence-electron chi connectivity index (χ1n) is 6.74. The Kier molecular flexibility index (Phi) is 5.72. The van der Waals surface area contributed by atoms with Gasteiger partial charge in [0.15, 0.2) is 5.54 Å². The number of urea groups is 1. The highest BCUT2D eigenvalue weighted by molar-refractivity contribution is 5.87. The van der Waals surface area contributed by atoms with Crippen LogP contribution in [0.4, 0.5) is 4.79 Å². The second-order valence-corrected chi connectivity index (χ2v) is 5.45. The fourth-order valence-electron chi connectivity index (χ4n) is 1.78. The molecular weight excluding hydrogens is 270 g/mol. The number of amides is 2. The van der Waals surface area contributed by atoms with Gasteiger partial charge in [0.2, 0.25) is 0 Å². The molecule has 1 aromatic carbocycles. The Hall–Kier alpha value is -2.08. The first kappa shape index (κ1) is 17.0. The maximum Gasteiger partial charge on any atom is 0.333 e. The van der Waals surface area contributed by atoms with Gasteiger partial charge in [0.05, 0.1) is 0 Å². The van der Waals surface area contributed by atoms with Crippen molar-refractivity contribution in [2.75, 3.05) is 34.2 Å². The standard InChI is InChI=1S/C15H23N3O3/c1-15(13(19)20,12-8-6-5-7-9-12)16-14(21)18(4)11-10-17(2)3/h5-9H,10-11H2,1-4H3,(H,16,21)(H,19,20). The summed E-state index contributed by atoms with van der Waals surface area (Å²) in [6, 6.07) is 8.27. The SMILES string of the molecule is CN(C)CCN(C)C(=O)NC(C)(C(=O)O)c1ccccc1. The van der Waals surface area contributed by atoms with Crippen LogP contribution in [0.5, 0.6) is 0 Å². The molecule has 0 heterocycles. The number of nitrogens with zero attached hydrogens (tertiary/aromatic N) is 2. The van der Waals surface area contributed by atoms with E-state index < -0.39 is 17.5 Å². The van der Waals surface area contributed by atoms with Gasteiger partial charge in [-0.3, -0.25) is 0 Å². The van der Waals surface area contributed by atoms with Crippen molar-refractivity contribution in [2.24, 2.45) is 0 Å². The third-order valence-corrected chi connectivity index (χ3v) is 3.37. The van der Waals surface area contributed by atoms with Crippen molar-refractivity contribution in [1.29, 1.82) is 0 Å². The molecule has 0 bridgehead atoms. The molecule has 2 N–H and O–H groups in total. The van der Waals surface area contributed by atoms with E-state index in [4.69, 9.17) is 0 Å². The van der Waals surface area contributed by atoms with Crippen molar-refractivity contribution in [2.45, 2.75) is 12.5 Å². The van der Waals surface area contributed by atoms with Gasteiger partial charge in [0, 0.05) is 20.1 Å². The Morgan fingerprint density at radius 2 is 1.71 bits per heavy atom. The van der Waals surface area contributed by atoms with Crippen LogP contribution >= 0.6 is 0 Å². The topological polar surface area (TPSA) is 72.9 Å². The fraction of sp³-hybridized carbons (Fsp3) is 0.467. The summed E-state index contributed by atoms with van der Waals surface area (Å²) in [7, 11) is 5.47. The third kappa shape index (κ3) is 4.46. The van der Waals surface area contributed by atoms with Crippen LogP contribution < -0.4 is 5.32 Å². The molecule has 0 saturated carbocycles. The molecule has 1 aromatic rings. The molecule has 0 aromatic heterocycles. The number of carboxylic acids is 1. The summed E-state index contributed by atoms with van der Waals surface area (Å²) in [5.41, 5.74) is -0.920. The first-order valence-corrected chi connectivity index (χ1v) is 6.74. The number of benzene rings is 1. The van der Waals surface area contributed by atoms with Crippen LogP contribution in [0, 0.1) is 0 Å². The van der Waals surface area contributed by atoms with Crippen LogP contribution in [-0.4, -0.2) is 61.1 Å². The number of carboxylic acid groups (broad SMARTS) is 1. The van der Waals surface area contributed by atoms with Gasteiger partial charge in [-0.15, -0.1) is 0 Å². The number of aliphatic carboxylic acids is 1. The number of likely N-dealkylation sites (N-methyl/N-ethyl adjacent to an activating group) is 2. The lowest BCUT2D eigenvalue weighted by Crippen LogP contribution is -2.53. The quantitative estimate of drug-likeness (QED) is 0.826. The molecule has 116 valence electrons. The predicted molar refractivity (Wildman–Crippen MR) is 81.1 cm³/mol. The van der Waals surface area contributed by atoms with Crippen LogP contribution in [0.2, 0.25) is 0 Å². The molecule has 6 nitrogen and oxygen atoms in total. The molecule has 0 aliphatic heterocycles. The summed E-state index contributed by atoms with van der Waals surface area (Å²) in [6.07, 6.45) is 0. The Bertz CT molecular complexity index is 490. The Balaban J connectivity index is 2.84. The molecule has 0 radical (unpaired) electrons. The van der Waals surface area contributed by atoms with Crippen LogP contribution in [0.1, 0.15) is 12.5 Å². The third-order valence-electron chi connectivity index (χ3n) is 3.37. The second kappa shape index (κ2) is 7.08. The second-order valence-electron chi connectivity index (χ2n) is 5.45. The largest absolute Gasteiger partial charge is 0.479 e. The van der Waals surface area contributed by atoms with E-state index in [2.05, 4.69) is 5.32 Å². The zero-order valence-corrected chi connectivity index (χ0v) is 13.0. The number of rotatable bonds is 6. The Labute approximate surface area is 125 Å². The summed E-state index contributed by atoms with van der Waals surface area (Å²) < 4.78 is 0. The zero-order valence-electron chi connectivity index (χ0n) is 13.0. The minimum absolute atomic E-state index is 0.411. The van der Waals surface area contributed by atoms with Crippen LogP contribution in [-0.2, 0) is 10.3 Å².